The maximum absolute atomic E-state index is 12.2. The van der Waals surface area contributed by atoms with Crippen molar-refractivity contribution in [1.29, 1.82) is 0 Å². The summed E-state index contributed by atoms with van der Waals surface area (Å²) in [5.41, 5.74) is -1.30. The van der Waals surface area contributed by atoms with Crippen LogP contribution in [0.4, 0.5) is 0 Å². The summed E-state index contributed by atoms with van der Waals surface area (Å²) >= 11 is 0. The van der Waals surface area contributed by atoms with Crippen LogP contribution in [0, 0.1) is 5.41 Å². The van der Waals surface area contributed by atoms with E-state index in [0.29, 0.717) is 10.9 Å². The molecule has 0 saturated heterocycles. The molecule has 1 aromatic carbocycles. The molecule has 25 heavy (non-hydrogen) atoms. The molecule has 134 valence electrons. The molecule has 0 fully saturated rings. The Bertz CT molecular complexity index is 939. The highest BCUT2D eigenvalue weighted by Gasteiger charge is 2.26. The summed E-state index contributed by atoms with van der Waals surface area (Å²) in [5, 5.41) is 12.0. The third kappa shape index (κ3) is 3.78. The van der Waals surface area contributed by atoms with Gasteiger partial charge in [0.2, 0.25) is 0 Å². The van der Waals surface area contributed by atoms with E-state index < -0.39 is 28.5 Å². The lowest BCUT2D eigenvalue weighted by atomic mass is 9.90. The van der Waals surface area contributed by atoms with E-state index in [1.54, 1.807) is 20.8 Å². The normalized spacial score (nSPS) is 11.5. The van der Waals surface area contributed by atoms with Crippen molar-refractivity contribution in [2.45, 2.75) is 33.7 Å². The summed E-state index contributed by atoms with van der Waals surface area (Å²) in [6, 6.07) is 4.44. The maximum Gasteiger partial charge on any atom is 0.328 e. The highest BCUT2D eigenvalue weighted by Crippen LogP contribution is 2.19. The Labute approximate surface area is 143 Å². The van der Waals surface area contributed by atoms with Gasteiger partial charge in [0.1, 0.15) is 0 Å². The number of benzene rings is 1. The predicted octanol–water partition coefficient (Wildman–Crippen LogP) is 0.940. The summed E-state index contributed by atoms with van der Waals surface area (Å²) < 4.78 is 1.08. The van der Waals surface area contributed by atoms with Crippen LogP contribution in [0.3, 0.4) is 0 Å². The molecule has 0 bridgehead atoms. The van der Waals surface area contributed by atoms with Gasteiger partial charge in [0.05, 0.1) is 16.3 Å². The van der Waals surface area contributed by atoms with Crippen molar-refractivity contribution in [3.63, 3.8) is 0 Å². The molecule has 1 amide bonds. The number of carboxylic acid groups (broad SMARTS) is 1. The number of aromatic nitrogens is 2. The average Bonchev–Trinajstić information content (AvgIpc) is 2.54. The van der Waals surface area contributed by atoms with E-state index in [2.05, 4.69) is 10.3 Å². The average molecular weight is 347 g/mol. The van der Waals surface area contributed by atoms with Gasteiger partial charge < -0.3 is 15.4 Å². The largest absolute Gasteiger partial charge is 0.481 e. The number of fused-ring (bicyclic) bond motifs is 1. The van der Waals surface area contributed by atoms with Gasteiger partial charge in [-0.05, 0) is 45.4 Å². The van der Waals surface area contributed by atoms with Crippen molar-refractivity contribution in [3.05, 3.63) is 44.6 Å². The molecule has 1 aromatic heterocycles. The summed E-state index contributed by atoms with van der Waals surface area (Å²) in [6.07, 6.45) is 0.277. The van der Waals surface area contributed by atoms with Gasteiger partial charge in [-0.3, -0.25) is 19.0 Å². The van der Waals surface area contributed by atoms with Gasteiger partial charge >= 0.3 is 11.7 Å². The summed E-state index contributed by atoms with van der Waals surface area (Å²) in [4.78, 5) is 49.9. The molecular formula is C17H21N3O5. The first-order valence-corrected chi connectivity index (χ1v) is 7.96. The minimum absolute atomic E-state index is 0.199. The van der Waals surface area contributed by atoms with E-state index in [0.717, 1.165) is 4.57 Å². The minimum atomic E-state index is -0.937. The number of nitrogens with zero attached hydrogens (tertiary/aromatic N) is 1. The SMILES string of the molecule is CCn1c(=O)[nH]c2cc(C(=O)NCCC(C)(C)C(=O)O)ccc2c1=O. The lowest BCUT2D eigenvalue weighted by Crippen LogP contribution is -2.34. The van der Waals surface area contributed by atoms with E-state index in [1.807, 2.05) is 0 Å². The lowest BCUT2D eigenvalue weighted by molar-refractivity contribution is -0.147. The second-order valence-electron chi connectivity index (χ2n) is 6.43. The molecule has 0 saturated carbocycles. The first kappa shape index (κ1) is 18.4. The standard InChI is InChI=1S/C17H21N3O5/c1-4-20-14(22)11-6-5-10(9-12(11)19-16(20)25)13(21)18-8-7-17(2,3)15(23)24/h5-6,9H,4,7-8H2,1-3H3,(H,18,21)(H,19,25)(H,23,24). The molecule has 0 atom stereocenters. The topological polar surface area (TPSA) is 121 Å². The number of carboxylic acids is 1. The third-order valence-electron chi connectivity index (χ3n) is 4.17. The molecule has 2 rings (SSSR count). The van der Waals surface area contributed by atoms with Gasteiger partial charge in [-0.15, -0.1) is 0 Å². The van der Waals surface area contributed by atoms with Crippen LogP contribution in [0.2, 0.25) is 0 Å². The number of amides is 1. The van der Waals surface area contributed by atoms with Crippen molar-refractivity contribution >= 4 is 22.8 Å². The van der Waals surface area contributed by atoms with Gasteiger partial charge in [0.15, 0.2) is 0 Å². The zero-order valence-electron chi connectivity index (χ0n) is 14.4. The molecule has 0 aliphatic heterocycles. The summed E-state index contributed by atoms with van der Waals surface area (Å²) in [6.45, 7) is 5.32. The van der Waals surface area contributed by atoms with Crippen molar-refractivity contribution < 1.29 is 14.7 Å². The predicted molar refractivity (Wildman–Crippen MR) is 92.9 cm³/mol. The Balaban J connectivity index is 2.22. The number of rotatable bonds is 6. The molecule has 0 spiro atoms. The fraction of sp³-hybridized carbons (Fsp3) is 0.412. The second kappa shape index (κ2) is 6.92. The van der Waals surface area contributed by atoms with Crippen LogP contribution in [0.1, 0.15) is 37.6 Å². The van der Waals surface area contributed by atoms with E-state index in [-0.39, 0.29) is 25.1 Å². The van der Waals surface area contributed by atoms with Crippen LogP contribution in [0.25, 0.3) is 10.9 Å². The van der Waals surface area contributed by atoms with Gasteiger partial charge in [-0.2, -0.15) is 0 Å². The molecule has 3 N–H and O–H groups in total. The van der Waals surface area contributed by atoms with Crippen LogP contribution in [0.5, 0.6) is 0 Å². The minimum Gasteiger partial charge on any atom is -0.481 e. The molecule has 8 nitrogen and oxygen atoms in total. The van der Waals surface area contributed by atoms with Gasteiger partial charge in [-0.25, -0.2) is 4.79 Å². The Morgan fingerprint density at radius 3 is 2.56 bits per heavy atom. The fourth-order valence-corrected chi connectivity index (χ4v) is 2.38. The molecule has 1 heterocycles. The van der Waals surface area contributed by atoms with E-state index in [4.69, 9.17) is 5.11 Å². The monoisotopic (exact) mass is 347 g/mol. The number of hydrogen-bond donors (Lipinski definition) is 3. The van der Waals surface area contributed by atoms with Gasteiger partial charge in [0, 0.05) is 18.7 Å². The quantitative estimate of drug-likeness (QED) is 0.718. The zero-order chi connectivity index (χ0) is 18.8. The van der Waals surface area contributed by atoms with E-state index >= 15 is 0 Å². The highest BCUT2D eigenvalue weighted by atomic mass is 16.4. The summed E-state index contributed by atoms with van der Waals surface area (Å²) in [5.74, 6) is -1.33. The van der Waals surface area contributed by atoms with Crippen molar-refractivity contribution in [3.8, 4) is 0 Å². The Hall–Kier alpha value is -2.90. The van der Waals surface area contributed by atoms with Crippen molar-refractivity contribution in [1.82, 2.24) is 14.9 Å². The zero-order valence-corrected chi connectivity index (χ0v) is 14.4. The molecule has 0 unspecified atom stereocenters. The van der Waals surface area contributed by atoms with E-state index in [9.17, 15) is 19.2 Å². The van der Waals surface area contributed by atoms with Gasteiger partial charge in [-0.1, -0.05) is 0 Å². The molecule has 0 aliphatic rings. The lowest BCUT2D eigenvalue weighted by Gasteiger charge is -2.18. The van der Waals surface area contributed by atoms with Crippen LogP contribution >= 0.6 is 0 Å². The van der Waals surface area contributed by atoms with Crippen LogP contribution < -0.4 is 16.6 Å². The molecule has 0 aliphatic carbocycles. The van der Waals surface area contributed by atoms with Crippen LogP contribution in [-0.2, 0) is 11.3 Å². The Kier molecular flexibility index (Phi) is 5.10. The number of carbonyl (C=O) groups excluding carboxylic acids is 1. The molecule has 0 radical (unpaired) electrons. The molecular weight excluding hydrogens is 326 g/mol. The number of nitrogens with one attached hydrogen (secondary N) is 2. The Morgan fingerprint density at radius 2 is 1.96 bits per heavy atom. The van der Waals surface area contributed by atoms with Crippen molar-refractivity contribution in [2.24, 2.45) is 5.41 Å². The smallest absolute Gasteiger partial charge is 0.328 e. The fourth-order valence-electron chi connectivity index (χ4n) is 2.38. The number of H-pyrrole nitrogens is 1. The number of aromatic amines is 1. The van der Waals surface area contributed by atoms with Gasteiger partial charge in [0.25, 0.3) is 11.5 Å². The molecule has 8 heteroatoms. The van der Waals surface area contributed by atoms with E-state index in [1.165, 1.54) is 18.2 Å². The summed E-state index contributed by atoms with van der Waals surface area (Å²) in [7, 11) is 0. The van der Waals surface area contributed by atoms with Crippen LogP contribution in [0.15, 0.2) is 27.8 Å². The first-order valence-electron chi connectivity index (χ1n) is 7.96. The second-order valence-corrected chi connectivity index (χ2v) is 6.43. The number of carbonyl (C=O) groups is 2. The van der Waals surface area contributed by atoms with Crippen molar-refractivity contribution in [2.75, 3.05) is 6.54 Å². The maximum atomic E-state index is 12.2. The number of aliphatic carboxylic acids is 1. The first-order chi connectivity index (χ1) is 11.7. The Morgan fingerprint density at radius 1 is 1.28 bits per heavy atom. The molecule has 2 aromatic rings. The third-order valence-corrected chi connectivity index (χ3v) is 4.17. The number of hydrogen-bond acceptors (Lipinski definition) is 4. The highest BCUT2D eigenvalue weighted by molar-refractivity contribution is 5.97. The van der Waals surface area contributed by atoms with Crippen LogP contribution in [-0.4, -0.2) is 33.1 Å².